The van der Waals surface area contributed by atoms with E-state index in [4.69, 9.17) is 4.98 Å². The molecule has 1 aliphatic heterocycles. The zero-order chi connectivity index (χ0) is 46.8. The van der Waals surface area contributed by atoms with Crippen LogP contribution in [-0.2, 0) is 6.42 Å². The number of nitriles is 3. The van der Waals surface area contributed by atoms with Gasteiger partial charge in [0.05, 0.1) is 57.1 Å². The van der Waals surface area contributed by atoms with Crippen molar-refractivity contribution in [2.75, 3.05) is 4.90 Å². The average molecular weight is 881 g/mol. The van der Waals surface area contributed by atoms with E-state index in [2.05, 4.69) is 131 Å². The lowest BCUT2D eigenvalue weighted by Crippen LogP contribution is -2.18. The molecule has 0 saturated carbocycles. The lowest BCUT2D eigenvalue weighted by Gasteiger charge is -2.30. The second kappa shape index (κ2) is 17.9. The Kier molecular flexibility index (Phi) is 10.9. The second-order valence-electron chi connectivity index (χ2n) is 16.9. The number of hydrogen-bond acceptors (Lipinski definition) is 5. The molecule has 0 spiro atoms. The van der Waals surface area contributed by atoms with Crippen LogP contribution < -0.4 is 4.90 Å². The van der Waals surface area contributed by atoms with Gasteiger partial charge in [-0.05, 0) is 118 Å². The van der Waals surface area contributed by atoms with Gasteiger partial charge in [-0.25, -0.2) is 4.98 Å². The summed E-state index contributed by atoms with van der Waals surface area (Å²) in [5, 5.41) is 33.9. The monoisotopic (exact) mass is 880 g/mol. The summed E-state index contributed by atoms with van der Waals surface area (Å²) in [6.07, 6.45) is 8.70. The molecule has 69 heavy (non-hydrogen) atoms. The van der Waals surface area contributed by atoms with Crippen molar-refractivity contribution in [3.8, 4) is 79.8 Å². The first-order valence-electron chi connectivity index (χ1n) is 22.7. The standard InChI is InChI=1S/C63H40N6/c1-42-17-5-2-10-22-47-33-45(52-25-13-11-23-48(52)39-64)29-31-59(47)68(42)62-37-51(50-35-57(43-18-6-3-7-19-43)67-58(36-50)44-20-8-4-9-21-44)38-63(56(62)41-66)69-60-28-16-15-27-54(60)55-34-46(30-32-61(55)69)53-26-14-12-24-49(53)40-65/h2-21,23-38H,1,22H2/b10-2-,17-5-. The molecule has 1 aliphatic rings. The van der Waals surface area contributed by atoms with E-state index in [0.29, 0.717) is 40.2 Å². The summed E-state index contributed by atoms with van der Waals surface area (Å²) in [6, 6.07) is 72.6. The highest BCUT2D eigenvalue weighted by Gasteiger charge is 2.26. The van der Waals surface area contributed by atoms with Gasteiger partial charge in [-0.1, -0.05) is 152 Å². The normalized spacial score (nSPS) is 13.1. The third kappa shape index (κ3) is 7.63. The molecule has 11 rings (SSSR count). The maximum Gasteiger partial charge on any atom is 0.104 e. The molecule has 0 radical (unpaired) electrons. The van der Waals surface area contributed by atoms with E-state index < -0.39 is 0 Å². The van der Waals surface area contributed by atoms with Crippen molar-refractivity contribution in [3.05, 3.63) is 253 Å². The van der Waals surface area contributed by atoms with Gasteiger partial charge >= 0.3 is 0 Å². The molecule has 0 unspecified atom stereocenters. The van der Waals surface area contributed by atoms with E-state index in [-0.39, 0.29) is 0 Å². The highest BCUT2D eigenvalue weighted by atomic mass is 15.2. The van der Waals surface area contributed by atoms with Crippen LogP contribution in [0.25, 0.3) is 83.4 Å². The maximum absolute atomic E-state index is 11.7. The Balaban J connectivity index is 1.22. The molecule has 0 atom stereocenters. The summed E-state index contributed by atoms with van der Waals surface area (Å²) in [4.78, 5) is 7.33. The van der Waals surface area contributed by atoms with Gasteiger partial charge in [0.25, 0.3) is 0 Å². The Bertz CT molecular complexity index is 3810. The lowest BCUT2D eigenvalue weighted by molar-refractivity contribution is 1.13. The summed E-state index contributed by atoms with van der Waals surface area (Å²) in [5.74, 6) is 0. The Morgan fingerprint density at radius 2 is 1.01 bits per heavy atom. The summed E-state index contributed by atoms with van der Waals surface area (Å²) in [5.41, 5.74) is 16.3. The molecule has 6 heteroatoms. The quantitative estimate of drug-likeness (QED) is 0.159. The van der Waals surface area contributed by atoms with E-state index in [1.54, 1.807) is 0 Å². The van der Waals surface area contributed by atoms with Gasteiger partial charge in [0, 0.05) is 33.3 Å². The number of fused-ring (bicyclic) bond motifs is 4. The van der Waals surface area contributed by atoms with Crippen LogP contribution in [0.3, 0.4) is 0 Å². The molecule has 0 bridgehead atoms. The molecule has 10 aromatic rings. The van der Waals surface area contributed by atoms with Crippen LogP contribution >= 0.6 is 0 Å². The molecular weight excluding hydrogens is 841 g/mol. The van der Waals surface area contributed by atoms with Gasteiger partial charge < -0.3 is 9.47 Å². The number of anilines is 2. The van der Waals surface area contributed by atoms with Crippen LogP contribution in [0.5, 0.6) is 0 Å². The maximum atomic E-state index is 11.7. The third-order valence-electron chi connectivity index (χ3n) is 12.9. The van der Waals surface area contributed by atoms with E-state index in [1.165, 1.54) is 0 Å². The number of benzene rings is 8. The van der Waals surface area contributed by atoms with Crippen LogP contribution in [0, 0.1) is 34.0 Å². The number of hydrogen-bond donors (Lipinski definition) is 0. The predicted molar refractivity (Wildman–Crippen MR) is 280 cm³/mol. The van der Waals surface area contributed by atoms with Crippen LogP contribution in [0.15, 0.2) is 231 Å². The van der Waals surface area contributed by atoms with Gasteiger partial charge in [0.2, 0.25) is 0 Å². The third-order valence-corrected chi connectivity index (χ3v) is 12.9. The predicted octanol–water partition coefficient (Wildman–Crippen LogP) is 15.4. The Morgan fingerprint density at radius 3 is 1.68 bits per heavy atom. The van der Waals surface area contributed by atoms with Crippen molar-refractivity contribution in [2.45, 2.75) is 6.42 Å². The first kappa shape index (κ1) is 41.9. The van der Waals surface area contributed by atoms with Crippen LogP contribution in [0.2, 0.25) is 0 Å². The van der Waals surface area contributed by atoms with Crippen molar-refractivity contribution < 1.29 is 0 Å². The number of nitrogens with zero attached hydrogens (tertiary/aromatic N) is 6. The van der Waals surface area contributed by atoms with E-state index in [9.17, 15) is 15.8 Å². The highest BCUT2D eigenvalue weighted by molar-refractivity contribution is 6.11. The molecule has 0 aliphatic carbocycles. The first-order chi connectivity index (χ1) is 34.0. The van der Waals surface area contributed by atoms with Crippen molar-refractivity contribution in [1.29, 1.82) is 15.8 Å². The molecule has 0 N–H and O–H groups in total. The zero-order valence-corrected chi connectivity index (χ0v) is 37.4. The molecule has 0 saturated heterocycles. The van der Waals surface area contributed by atoms with Crippen molar-refractivity contribution in [1.82, 2.24) is 9.55 Å². The Morgan fingerprint density at radius 1 is 0.449 bits per heavy atom. The topological polar surface area (TPSA) is 92.4 Å². The number of para-hydroxylation sites is 1. The smallest absolute Gasteiger partial charge is 0.104 e. The van der Waals surface area contributed by atoms with Crippen LogP contribution in [0.4, 0.5) is 11.4 Å². The minimum absolute atomic E-state index is 0.451. The van der Waals surface area contributed by atoms with Crippen molar-refractivity contribution >= 4 is 33.2 Å². The molecule has 0 amide bonds. The SMILES string of the molecule is C=C1/C=C\C=C/Cc2cc(-c3ccccc3C#N)ccc2N1c1cc(-c2cc(-c3ccccc3)nc(-c3ccccc3)c2)cc(-n2c3ccccc3c3cc(-c4ccccc4C#N)ccc32)c1C#N. The number of allylic oxidation sites excluding steroid dienone is 4. The fourth-order valence-corrected chi connectivity index (χ4v) is 9.61. The fraction of sp³-hybridized carbons (Fsp3) is 0.0159. The molecule has 322 valence electrons. The summed E-state index contributed by atoms with van der Waals surface area (Å²) < 4.78 is 2.20. The van der Waals surface area contributed by atoms with Gasteiger partial charge in [0.15, 0.2) is 0 Å². The number of pyridine rings is 1. The summed E-state index contributed by atoms with van der Waals surface area (Å²) in [7, 11) is 0. The van der Waals surface area contributed by atoms with E-state index in [1.807, 2.05) is 121 Å². The van der Waals surface area contributed by atoms with Gasteiger partial charge in [0.1, 0.15) is 11.6 Å². The molecule has 8 aromatic carbocycles. The van der Waals surface area contributed by atoms with Gasteiger partial charge in [-0.2, -0.15) is 15.8 Å². The highest BCUT2D eigenvalue weighted by Crippen LogP contribution is 2.45. The summed E-state index contributed by atoms with van der Waals surface area (Å²) in [6.45, 7) is 4.67. The summed E-state index contributed by atoms with van der Waals surface area (Å²) >= 11 is 0. The molecule has 3 heterocycles. The van der Waals surface area contributed by atoms with Gasteiger partial charge in [-0.3, -0.25) is 0 Å². The fourth-order valence-electron chi connectivity index (χ4n) is 9.61. The molecule has 2 aromatic heterocycles. The minimum Gasteiger partial charge on any atom is -0.309 e. The second-order valence-corrected chi connectivity index (χ2v) is 16.9. The largest absolute Gasteiger partial charge is 0.309 e. The minimum atomic E-state index is 0.451. The van der Waals surface area contributed by atoms with E-state index >= 15 is 0 Å². The van der Waals surface area contributed by atoms with Crippen LogP contribution in [-0.4, -0.2) is 9.55 Å². The van der Waals surface area contributed by atoms with Gasteiger partial charge in [-0.15, -0.1) is 0 Å². The molecule has 0 fully saturated rings. The molecular formula is C63H40N6. The number of aromatic nitrogens is 2. The van der Waals surface area contributed by atoms with Crippen molar-refractivity contribution in [2.24, 2.45) is 0 Å². The lowest BCUT2D eigenvalue weighted by atomic mass is 9.94. The van der Waals surface area contributed by atoms with E-state index in [0.717, 1.165) is 89.0 Å². The molecule has 6 nitrogen and oxygen atoms in total. The van der Waals surface area contributed by atoms with Crippen LogP contribution in [0.1, 0.15) is 22.3 Å². The zero-order valence-electron chi connectivity index (χ0n) is 37.4. The van der Waals surface area contributed by atoms with Crippen molar-refractivity contribution in [3.63, 3.8) is 0 Å². The number of rotatable bonds is 7. The first-order valence-corrected chi connectivity index (χ1v) is 22.7. The Labute approximate surface area is 400 Å². The average Bonchev–Trinajstić information content (AvgIpc) is 3.77. The Hall–Kier alpha value is -9.80.